The van der Waals surface area contributed by atoms with Crippen molar-refractivity contribution in [3.05, 3.63) is 24.5 Å². The molecule has 2 unspecified atom stereocenters. The maximum Gasteiger partial charge on any atom is 0.222 e. The Balaban J connectivity index is 1.96. The summed E-state index contributed by atoms with van der Waals surface area (Å²) in [6, 6.07) is 2.92. The van der Waals surface area contributed by atoms with Crippen LogP contribution in [-0.2, 0) is 21.7 Å². The molecule has 0 spiro atoms. The number of pyridine rings is 2. The number of amides is 1. The van der Waals surface area contributed by atoms with Crippen LogP contribution in [0.25, 0.3) is 22.2 Å². The zero-order valence-corrected chi connectivity index (χ0v) is 18.2. The molecular formula is C20H21FN4O5S. The lowest BCUT2D eigenvalue weighted by Gasteiger charge is -2.28. The van der Waals surface area contributed by atoms with Crippen LogP contribution in [0.5, 0.6) is 11.5 Å². The Morgan fingerprint density at radius 2 is 2.13 bits per heavy atom. The fourth-order valence-corrected chi connectivity index (χ4v) is 3.97. The van der Waals surface area contributed by atoms with Gasteiger partial charge in [-0.3, -0.25) is 4.79 Å². The van der Waals surface area contributed by atoms with Crippen LogP contribution in [0.15, 0.2) is 29.6 Å². The zero-order chi connectivity index (χ0) is 22.5. The minimum Gasteiger partial charge on any atom is -0.483 e. The number of carbonyl (C=O) groups excluding carboxylic acids is 1. The van der Waals surface area contributed by atoms with Gasteiger partial charge in [-0.25, -0.2) is 22.8 Å². The summed E-state index contributed by atoms with van der Waals surface area (Å²) in [4.78, 5) is 20.0. The Morgan fingerprint density at radius 3 is 2.77 bits per heavy atom. The molecule has 9 nitrogen and oxygen atoms in total. The summed E-state index contributed by atoms with van der Waals surface area (Å²) in [5, 5.41) is 3.08. The molecule has 4 heterocycles. The van der Waals surface area contributed by atoms with Crippen molar-refractivity contribution in [2.75, 3.05) is 18.2 Å². The monoisotopic (exact) mass is 448 g/mol. The van der Waals surface area contributed by atoms with Crippen molar-refractivity contribution in [2.24, 2.45) is 7.05 Å². The van der Waals surface area contributed by atoms with Gasteiger partial charge in [0.05, 0.1) is 11.7 Å². The Bertz CT molecular complexity index is 1300. The van der Waals surface area contributed by atoms with Crippen molar-refractivity contribution in [2.45, 2.75) is 31.1 Å². The molecule has 3 aromatic heterocycles. The van der Waals surface area contributed by atoms with Gasteiger partial charge in [0.1, 0.15) is 24.3 Å². The standard InChI is InChI=1S/C20H21FN4O5S/c1-10(21)16-9-29-20-15(30-16)6-18(31(4,27)28)24-19(20)13-8-25(3)14-7-22-17(5-12(13)14)23-11(2)26/h5-8,10,16H,9H2,1-4H3,(H,22,23,26). The van der Waals surface area contributed by atoms with Gasteiger partial charge in [-0.15, -0.1) is 0 Å². The molecule has 0 saturated carbocycles. The third-order valence-electron chi connectivity index (χ3n) is 4.91. The van der Waals surface area contributed by atoms with E-state index in [1.807, 2.05) is 0 Å². The molecular weight excluding hydrogens is 427 g/mol. The van der Waals surface area contributed by atoms with Crippen molar-refractivity contribution in [1.29, 1.82) is 0 Å². The lowest BCUT2D eigenvalue weighted by Crippen LogP contribution is -2.36. The second kappa shape index (κ2) is 7.49. The van der Waals surface area contributed by atoms with Gasteiger partial charge in [0.2, 0.25) is 5.91 Å². The number of sulfone groups is 1. The molecule has 0 saturated heterocycles. The second-order valence-corrected chi connectivity index (χ2v) is 9.44. The summed E-state index contributed by atoms with van der Waals surface area (Å²) >= 11 is 0. The van der Waals surface area contributed by atoms with Crippen molar-refractivity contribution in [3.8, 4) is 22.8 Å². The van der Waals surface area contributed by atoms with Gasteiger partial charge < -0.3 is 19.4 Å². The van der Waals surface area contributed by atoms with E-state index in [1.165, 1.54) is 19.9 Å². The number of halogens is 1. The minimum absolute atomic E-state index is 0.0406. The van der Waals surface area contributed by atoms with Gasteiger partial charge in [0, 0.05) is 43.4 Å². The first-order chi connectivity index (χ1) is 14.5. The normalized spacial score (nSPS) is 16.9. The molecule has 1 aliphatic rings. The molecule has 0 radical (unpaired) electrons. The molecule has 1 aliphatic heterocycles. The van der Waals surface area contributed by atoms with Crippen molar-refractivity contribution in [3.63, 3.8) is 0 Å². The van der Waals surface area contributed by atoms with Crippen LogP contribution in [0, 0.1) is 0 Å². The zero-order valence-electron chi connectivity index (χ0n) is 17.3. The summed E-state index contributed by atoms with van der Waals surface area (Å²) in [5.74, 6) is 0.403. The molecule has 164 valence electrons. The number of fused-ring (bicyclic) bond motifs is 2. The number of ether oxygens (including phenoxy) is 2. The van der Waals surface area contributed by atoms with Gasteiger partial charge in [0.25, 0.3) is 0 Å². The van der Waals surface area contributed by atoms with Crippen LogP contribution in [0.3, 0.4) is 0 Å². The lowest BCUT2D eigenvalue weighted by atomic mass is 10.1. The molecule has 3 aromatic rings. The molecule has 4 rings (SSSR count). The van der Waals surface area contributed by atoms with E-state index >= 15 is 0 Å². The van der Waals surface area contributed by atoms with E-state index in [9.17, 15) is 17.6 Å². The lowest BCUT2D eigenvalue weighted by molar-refractivity contribution is -0.114. The van der Waals surface area contributed by atoms with Crippen molar-refractivity contribution < 1.29 is 27.1 Å². The first kappa shape index (κ1) is 21.0. The Hall–Kier alpha value is -3.21. The predicted octanol–water partition coefficient (Wildman–Crippen LogP) is 2.50. The van der Waals surface area contributed by atoms with Crippen molar-refractivity contribution in [1.82, 2.24) is 14.5 Å². The highest BCUT2D eigenvalue weighted by Crippen LogP contribution is 2.44. The smallest absolute Gasteiger partial charge is 0.222 e. The first-order valence-corrected chi connectivity index (χ1v) is 11.4. The van der Waals surface area contributed by atoms with E-state index in [-0.39, 0.29) is 34.7 Å². The largest absolute Gasteiger partial charge is 0.483 e. The van der Waals surface area contributed by atoms with Crippen LogP contribution < -0.4 is 14.8 Å². The summed E-state index contributed by atoms with van der Waals surface area (Å²) in [5.41, 5.74) is 1.54. The topological polar surface area (TPSA) is 112 Å². The maximum atomic E-state index is 13.8. The van der Waals surface area contributed by atoms with Crippen LogP contribution in [0.2, 0.25) is 0 Å². The molecule has 1 N–H and O–H groups in total. The minimum atomic E-state index is -3.69. The predicted molar refractivity (Wildman–Crippen MR) is 112 cm³/mol. The van der Waals surface area contributed by atoms with E-state index in [1.54, 1.807) is 30.1 Å². The number of carbonyl (C=O) groups is 1. The number of alkyl halides is 1. The molecule has 0 aliphatic carbocycles. The molecule has 0 bridgehead atoms. The number of hydrogen-bond acceptors (Lipinski definition) is 7. The SMILES string of the molecule is CC(=O)Nc1cc2c(-c3nc(S(C)(=O)=O)cc4c3OCC(C(C)F)O4)cn(C)c2cn1. The number of hydrogen-bond donors (Lipinski definition) is 1. The fourth-order valence-electron chi connectivity index (χ4n) is 3.39. The van der Waals surface area contributed by atoms with Gasteiger partial charge >= 0.3 is 0 Å². The number of anilines is 1. The van der Waals surface area contributed by atoms with E-state index in [2.05, 4.69) is 15.3 Å². The summed E-state index contributed by atoms with van der Waals surface area (Å²) in [6.07, 6.45) is 2.21. The maximum absolute atomic E-state index is 13.8. The van der Waals surface area contributed by atoms with Gasteiger partial charge in [-0.1, -0.05) is 0 Å². The Morgan fingerprint density at radius 1 is 1.39 bits per heavy atom. The number of rotatable bonds is 4. The summed E-state index contributed by atoms with van der Waals surface area (Å²) in [7, 11) is -1.89. The Kier molecular flexibility index (Phi) is 5.08. The number of aromatic nitrogens is 3. The van der Waals surface area contributed by atoms with Crippen LogP contribution in [-0.4, -0.2) is 54.0 Å². The Labute approximate surface area is 178 Å². The quantitative estimate of drug-likeness (QED) is 0.652. The second-order valence-electron chi connectivity index (χ2n) is 7.47. The molecule has 31 heavy (non-hydrogen) atoms. The van der Waals surface area contributed by atoms with E-state index in [4.69, 9.17) is 9.47 Å². The number of aryl methyl sites for hydroxylation is 1. The van der Waals surface area contributed by atoms with Crippen LogP contribution >= 0.6 is 0 Å². The summed E-state index contributed by atoms with van der Waals surface area (Å²) in [6.45, 7) is 2.68. The number of nitrogens with zero attached hydrogens (tertiary/aromatic N) is 3. The highest BCUT2D eigenvalue weighted by atomic mass is 32.2. The highest BCUT2D eigenvalue weighted by molar-refractivity contribution is 7.90. The van der Waals surface area contributed by atoms with Crippen molar-refractivity contribution >= 4 is 32.5 Å². The average Bonchev–Trinajstić information content (AvgIpc) is 3.01. The first-order valence-electron chi connectivity index (χ1n) is 9.46. The number of nitrogens with one attached hydrogen (secondary N) is 1. The van der Waals surface area contributed by atoms with Gasteiger partial charge in [-0.05, 0) is 13.0 Å². The third-order valence-corrected chi connectivity index (χ3v) is 5.88. The third kappa shape index (κ3) is 3.92. The fraction of sp³-hybridized carbons (Fsp3) is 0.350. The average molecular weight is 448 g/mol. The van der Waals surface area contributed by atoms with Crippen LogP contribution in [0.4, 0.5) is 10.2 Å². The van der Waals surface area contributed by atoms with E-state index < -0.39 is 22.1 Å². The van der Waals surface area contributed by atoms with Gasteiger partial charge in [-0.2, -0.15) is 0 Å². The molecule has 0 fully saturated rings. The molecule has 2 atom stereocenters. The molecule has 1 amide bonds. The molecule has 11 heteroatoms. The molecule has 0 aromatic carbocycles. The summed E-state index contributed by atoms with van der Waals surface area (Å²) < 4.78 is 51.6. The highest BCUT2D eigenvalue weighted by Gasteiger charge is 2.31. The van der Waals surface area contributed by atoms with E-state index in [0.29, 0.717) is 16.8 Å². The van der Waals surface area contributed by atoms with Gasteiger partial charge in [0.15, 0.2) is 32.5 Å². The van der Waals surface area contributed by atoms with E-state index in [0.717, 1.165) is 11.8 Å². The van der Waals surface area contributed by atoms with Crippen LogP contribution in [0.1, 0.15) is 13.8 Å².